The number of ether oxygens (including phenoxy) is 1. The average molecular weight is 279 g/mol. The van der Waals surface area contributed by atoms with Gasteiger partial charge >= 0.3 is 5.97 Å². The first-order chi connectivity index (χ1) is 9.43. The average Bonchev–Trinajstić information content (AvgIpc) is 2.44. The number of carbonyl (C=O) groups excluding carboxylic acids is 1. The maximum absolute atomic E-state index is 11.7. The van der Waals surface area contributed by atoms with Gasteiger partial charge in [-0.1, -0.05) is 12.1 Å². The molecule has 20 heavy (non-hydrogen) atoms. The number of hydrogen-bond acceptors (Lipinski definition) is 3. The molecule has 5 heteroatoms. The summed E-state index contributed by atoms with van der Waals surface area (Å²) in [6, 6.07) is 6.86. The summed E-state index contributed by atoms with van der Waals surface area (Å²) in [7, 11) is 1.62. The third-order valence-electron chi connectivity index (χ3n) is 3.25. The van der Waals surface area contributed by atoms with E-state index < -0.39 is 11.9 Å². The topological polar surface area (TPSA) is 75.6 Å². The Labute approximate surface area is 118 Å². The van der Waals surface area contributed by atoms with E-state index in [4.69, 9.17) is 9.84 Å². The smallest absolute Gasteiger partial charge is 0.310 e. The van der Waals surface area contributed by atoms with E-state index >= 15 is 0 Å². The Balaban J connectivity index is 2.53. The van der Waals surface area contributed by atoms with Crippen molar-refractivity contribution in [3.63, 3.8) is 0 Å². The van der Waals surface area contributed by atoms with E-state index in [0.29, 0.717) is 24.1 Å². The molecule has 1 rings (SSSR count). The summed E-state index contributed by atoms with van der Waals surface area (Å²) >= 11 is 0. The maximum Gasteiger partial charge on any atom is 0.310 e. The molecule has 0 aliphatic rings. The minimum absolute atomic E-state index is 0.0551. The summed E-state index contributed by atoms with van der Waals surface area (Å²) in [5, 5.41) is 11.7. The van der Waals surface area contributed by atoms with Crippen molar-refractivity contribution >= 4 is 17.6 Å². The normalized spacial score (nSPS) is 13.6. The molecule has 0 aliphatic carbocycles. The Morgan fingerprint density at radius 1 is 1.25 bits per heavy atom. The van der Waals surface area contributed by atoms with Crippen LogP contribution in [-0.2, 0) is 14.3 Å². The maximum atomic E-state index is 11.7. The Morgan fingerprint density at radius 3 is 2.35 bits per heavy atom. The van der Waals surface area contributed by atoms with Crippen molar-refractivity contribution in [3.8, 4) is 0 Å². The third kappa shape index (κ3) is 5.01. The molecule has 0 aliphatic heterocycles. The van der Waals surface area contributed by atoms with Crippen LogP contribution in [0.15, 0.2) is 24.3 Å². The second-order valence-corrected chi connectivity index (χ2v) is 4.82. The highest BCUT2D eigenvalue weighted by Gasteiger charge is 2.13. The largest absolute Gasteiger partial charge is 0.481 e. The van der Waals surface area contributed by atoms with Gasteiger partial charge in [-0.3, -0.25) is 9.59 Å². The molecule has 5 nitrogen and oxygen atoms in total. The van der Waals surface area contributed by atoms with Gasteiger partial charge in [0.2, 0.25) is 5.91 Å². The van der Waals surface area contributed by atoms with Gasteiger partial charge in [-0.2, -0.15) is 0 Å². The second kappa shape index (κ2) is 7.65. The number of carboxylic acid groups (broad SMARTS) is 1. The number of rotatable bonds is 7. The number of aliphatic carboxylic acids is 1. The van der Waals surface area contributed by atoms with Gasteiger partial charge < -0.3 is 15.2 Å². The summed E-state index contributed by atoms with van der Waals surface area (Å²) in [5.41, 5.74) is 1.38. The SMILES string of the molecule is COC(C)CCC(=O)Nc1ccc(C(C)C(=O)O)cc1. The molecule has 1 amide bonds. The predicted molar refractivity (Wildman–Crippen MR) is 76.8 cm³/mol. The highest BCUT2D eigenvalue weighted by molar-refractivity contribution is 5.90. The number of benzene rings is 1. The van der Waals surface area contributed by atoms with Gasteiger partial charge in [0.05, 0.1) is 12.0 Å². The van der Waals surface area contributed by atoms with E-state index in [2.05, 4.69) is 5.32 Å². The molecule has 0 radical (unpaired) electrons. The summed E-state index contributed by atoms with van der Waals surface area (Å²) < 4.78 is 5.08. The van der Waals surface area contributed by atoms with E-state index in [-0.39, 0.29) is 12.0 Å². The number of methoxy groups -OCH3 is 1. The van der Waals surface area contributed by atoms with E-state index in [0.717, 1.165) is 0 Å². The van der Waals surface area contributed by atoms with E-state index in [1.165, 1.54) is 0 Å². The van der Waals surface area contributed by atoms with Crippen LogP contribution in [0.25, 0.3) is 0 Å². The molecule has 0 saturated carbocycles. The lowest BCUT2D eigenvalue weighted by Crippen LogP contribution is -2.15. The summed E-state index contributed by atoms with van der Waals surface area (Å²) in [6.07, 6.45) is 1.11. The number of amides is 1. The number of carbonyl (C=O) groups is 2. The van der Waals surface area contributed by atoms with Gasteiger partial charge in [0.15, 0.2) is 0 Å². The van der Waals surface area contributed by atoms with Crippen molar-refractivity contribution in [3.05, 3.63) is 29.8 Å². The highest BCUT2D eigenvalue weighted by Crippen LogP contribution is 2.18. The Morgan fingerprint density at radius 2 is 1.85 bits per heavy atom. The molecular weight excluding hydrogens is 258 g/mol. The van der Waals surface area contributed by atoms with E-state index in [1.807, 2.05) is 6.92 Å². The zero-order valence-corrected chi connectivity index (χ0v) is 12.1. The lowest BCUT2D eigenvalue weighted by molar-refractivity contribution is -0.138. The molecule has 0 heterocycles. The van der Waals surface area contributed by atoms with Crippen LogP contribution in [0.4, 0.5) is 5.69 Å². The first-order valence-electron chi connectivity index (χ1n) is 6.59. The van der Waals surface area contributed by atoms with Gasteiger partial charge in [0.1, 0.15) is 0 Å². The van der Waals surface area contributed by atoms with Crippen LogP contribution in [0.1, 0.15) is 38.2 Å². The molecule has 0 aromatic heterocycles. The van der Waals surface area contributed by atoms with Crippen molar-refractivity contribution in [2.45, 2.75) is 38.7 Å². The van der Waals surface area contributed by atoms with E-state index in [1.54, 1.807) is 38.3 Å². The summed E-state index contributed by atoms with van der Waals surface area (Å²) in [5.74, 6) is -1.49. The standard InChI is InChI=1S/C15H21NO4/c1-10(20-3)4-9-14(17)16-13-7-5-12(6-8-13)11(2)15(18)19/h5-8,10-11H,4,9H2,1-3H3,(H,16,17)(H,18,19). The Kier molecular flexibility index (Phi) is 6.18. The summed E-state index contributed by atoms with van der Waals surface area (Å²) in [6.45, 7) is 3.54. The monoisotopic (exact) mass is 279 g/mol. The zero-order valence-electron chi connectivity index (χ0n) is 12.1. The van der Waals surface area contributed by atoms with Crippen molar-refractivity contribution in [1.82, 2.24) is 0 Å². The molecule has 1 aromatic carbocycles. The fraction of sp³-hybridized carbons (Fsp3) is 0.467. The van der Waals surface area contributed by atoms with Crippen LogP contribution in [-0.4, -0.2) is 30.2 Å². The van der Waals surface area contributed by atoms with E-state index in [9.17, 15) is 9.59 Å². The first kappa shape index (κ1) is 16.2. The second-order valence-electron chi connectivity index (χ2n) is 4.82. The minimum Gasteiger partial charge on any atom is -0.481 e. The number of anilines is 1. The zero-order chi connectivity index (χ0) is 15.1. The van der Waals surface area contributed by atoms with Gasteiger partial charge in [-0.25, -0.2) is 0 Å². The van der Waals surface area contributed by atoms with Crippen LogP contribution >= 0.6 is 0 Å². The number of hydrogen-bond donors (Lipinski definition) is 2. The quantitative estimate of drug-likeness (QED) is 0.804. The Hall–Kier alpha value is -1.88. The van der Waals surface area contributed by atoms with Gasteiger partial charge in [-0.15, -0.1) is 0 Å². The van der Waals surface area contributed by atoms with Crippen LogP contribution < -0.4 is 5.32 Å². The number of nitrogens with one attached hydrogen (secondary N) is 1. The molecule has 110 valence electrons. The summed E-state index contributed by atoms with van der Waals surface area (Å²) in [4.78, 5) is 22.6. The molecule has 0 spiro atoms. The molecule has 2 atom stereocenters. The fourth-order valence-electron chi connectivity index (χ4n) is 1.67. The lowest BCUT2D eigenvalue weighted by Gasteiger charge is -2.10. The van der Waals surface area contributed by atoms with Gasteiger partial charge in [0, 0.05) is 19.2 Å². The lowest BCUT2D eigenvalue weighted by atomic mass is 10.0. The van der Waals surface area contributed by atoms with Gasteiger partial charge in [-0.05, 0) is 38.0 Å². The molecule has 2 unspecified atom stereocenters. The van der Waals surface area contributed by atoms with Crippen molar-refractivity contribution in [1.29, 1.82) is 0 Å². The minimum atomic E-state index is -0.865. The third-order valence-corrected chi connectivity index (χ3v) is 3.25. The van der Waals surface area contributed by atoms with Crippen LogP contribution in [0.3, 0.4) is 0 Å². The molecule has 2 N–H and O–H groups in total. The highest BCUT2D eigenvalue weighted by atomic mass is 16.5. The Bertz CT molecular complexity index is 455. The molecule has 0 saturated heterocycles. The van der Waals surface area contributed by atoms with Crippen molar-refractivity contribution in [2.75, 3.05) is 12.4 Å². The fourth-order valence-corrected chi connectivity index (χ4v) is 1.67. The molecule has 0 fully saturated rings. The molecule has 1 aromatic rings. The molecular formula is C15H21NO4. The van der Waals surface area contributed by atoms with Crippen LogP contribution in [0.5, 0.6) is 0 Å². The first-order valence-corrected chi connectivity index (χ1v) is 6.59. The van der Waals surface area contributed by atoms with Crippen molar-refractivity contribution in [2.24, 2.45) is 0 Å². The van der Waals surface area contributed by atoms with Crippen LogP contribution in [0.2, 0.25) is 0 Å². The van der Waals surface area contributed by atoms with Crippen molar-refractivity contribution < 1.29 is 19.4 Å². The van der Waals surface area contributed by atoms with Gasteiger partial charge in [0.25, 0.3) is 0 Å². The predicted octanol–water partition coefficient (Wildman–Crippen LogP) is 2.63. The number of carboxylic acids is 1. The molecule has 0 bridgehead atoms. The van der Waals surface area contributed by atoms with Crippen LogP contribution in [0, 0.1) is 0 Å².